The van der Waals surface area contributed by atoms with E-state index in [4.69, 9.17) is 0 Å². The zero-order chi connectivity index (χ0) is 48.4. The van der Waals surface area contributed by atoms with Crippen LogP contribution in [-0.4, -0.2) is 44.0 Å². The Balaban J connectivity index is 1.06. The normalized spacial score (nSPS) is 12.7. The van der Waals surface area contributed by atoms with Crippen molar-refractivity contribution < 1.29 is 44.0 Å². The highest BCUT2D eigenvalue weighted by molar-refractivity contribution is 7.87. The molecule has 0 aliphatic heterocycles. The molecule has 0 heterocycles. The highest BCUT2D eigenvalue weighted by atomic mass is 32.2. The van der Waals surface area contributed by atoms with E-state index in [2.05, 4.69) is 46.2 Å². The molecule has 0 fully saturated rings. The van der Waals surface area contributed by atoms with Gasteiger partial charge in [0.15, 0.2) is 5.75 Å². The predicted molar refractivity (Wildman–Crippen MR) is 251 cm³/mol. The van der Waals surface area contributed by atoms with Gasteiger partial charge in [-0.1, -0.05) is 18.2 Å². The number of azo groups is 4. The van der Waals surface area contributed by atoms with E-state index < -0.39 is 56.5 Å². The number of hydrogen-bond acceptors (Lipinski definition) is 16. The molecule has 5 N–H and O–H groups in total. The van der Waals surface area contributed by atoms with Crippen LogP contribution >= 0.6 is 0 Å². The second-order valence-electron chi connectivity index (χ2n) is 15.2. The van der Waals surface area contributed by atoms with Gasteiger partial charge in [-0.3, -0.25) is 13.7 Å². The van der Waals surface area contributed by atoms with Crippen molar-refractivity contribution in [3.8, 4) is 5.75 Å². The van der Waals surface area contributed by atoms with Crippen LogP contribution < -0.4 is 5.32 Å². The lowest BCUT2D eigenvalue weighted by atomic mass is 10.1. The molecular weight excluding hydrogens is 923 g/mol. The Hall–Kier alpha value is -7.47. The van der Waals surface area contributed by atoms with Crippen molar-refractivity contribution in [3.63, 3.8) is 0 Å². The molecule has 7 aromatic rings. The smallest absolute Gasteiger partial charge is 0.296 e. The lowest BCUT2D eigenvalue weighted by molar-refractivity contribution is 0.472. The Morgan fingerprint density at radius 1 is 0.418 bits per heavy atom. The van der Waals surface area contributed by atoms with Crippen molar-refractivity contribution in [2.45, 2.75) is 49.3 Å². The molecule has 342 valence electrons. The van der Waals surface area contributed by atoms with Gasteiger partial charge in [0.05, 0.1) is 39.0 Å². The van der Waals surface area contributed by atoms with Crippen LogP contribution in [0, 0.1) is 34.6 Å². The standard InChI is InChI=1S/C45H39N9O10S3/c1-25-17-33(12-15-37(25)49-53-43-28(4)18-34(19-29(43)5)48-50-38-16-13-35(65(56,57)58)24-41(38)66(59,60)61)47-51-39-20-27(3)40(21-26(39)2)52-54-44-42(67(62,63)64)23-30-22-32(11-14-36(30)45(44)55)46-31-9-7-6-8-10-31/h6-24,46,55H,1-5H3,(H,56,57,58)(H,59,60,61)(H,62,63,64). The Labute approximate surface area is 384 Å². The maximum absolute atomic E-state index is 12.5. The van der Waals surface area contributed by atoms with E-state index in [0.29, 0.717) is 78.9 Å². The number of fused-ring (bicyclic) bond motifs is 1. The minimum absolute atomic E-state index is 0.297. The van der Waals surface area contributed by atoms with Gasteiger partial charge in [0.2, 0.25) is 0 Å². The molecule has 0 spiro atoms. The number of phenols is 1. The topological polar surface area (TPSA) is 294 Å². The van der Waals surface area contributed by atoms with E-state index in [1.165, 1.54) is 6.07 Å². The number of nitrogens with one attached hydrogen (secondary N) is 1. The van der Waals surface area contributed by atoms with Gasteiger partial charge in [0.25, 0.3) is 30.4 Å². The van der Waals surface area contributed by atoms with Crippen LogP contribution in [0.25, 0.3) is 10.8 Å². The first-order valence-corrected chi connectivity index (χ1v) is 24.1. The fourth-order valence-corrected chi connectivity index (χ4v) is 8.64. The number of benzene rings is 7. The summed E-state index contributed by atoms with van der Waals surface area (Å²) >= 11 is 0. The SMILES string of the molecule is Cc1cc(N=Nc2c(S(=O)(=O)O)cc3cc(Nc4ccccc4)ccc3c2O)c(C)cc1N=Nc1ccc(N=Nc2c(C)cc(N=Nc3ccc(S(=O)(=O)O)cc3S(=O)(=O)O)cc2C)c(C)c1. The molecule has 0 aromatic heterocycles. The fourth-order valence-electron chi connectivity index (χ4n) is 6.75. The van der Waals surface area contributed by atoms with Crippen LogP contribution in [0.4, 0.5) is 56.9 Å². The molecule has 7 rings (SSSR count). The van der Waals surface area contributed by atoms with E-state index in [9.17, 15) is 44.0 Å². The molecule has 0 aliphatic rings. The maximum atomic E-state index is 12.5. The van der Waals surface area contributed by atoms with Gasteiger partial charge in [0, 0.05) is 16.8 Å². The second kappa shape index (κ2) is 18.8. The molecule has 7 aromatic carbocycles. The number of hydrogen-bond donors (Lipinski definition) is 5. The number of aryl methyl sites for hydroxylation is 5. The third-order valence-electron chi connectivity index (χ3n) is 10.1. The quantitative estimate of drug-likeness (QED) is 0.0534. The summed E-state index contributed by atoms with van der Waals surface area (Å²) in [5, 5.41) is 49.1. The summed E-state index contributed by atoms with van der Waals surface area (Å²) in [5.41, 5.74) is 6.75. The van der Waals surface area contributed by atoms with Gasteiger partial charge in [-0.05, 0) is 165 Å². The van der Waals surface area contributed by atoms with Gasteiger partial charge in [-0.25, -0.2) is 0 Å². The molecule has 22 heteroatoms. The van der Waals surface area contributed by atoms with Crippen LogP contribution in [0.1, 0.15) is 27.8 Å². The van der Waals surface area contributed by atoms with Crippen LogP contribution in [0.5, 0.6) is 5.75 Å². The van der Waals surface area contributed by atoms with E-state index >= 15 is 0 Å². The number of aromatic hydroxyl groups is 1. The van der Waals surface area contributed by atoms with Gasteiger partial charge in [-0.15, -0.1) is 15.3 Å². The minimum Gasteiger partial charge on any atom is -0.505 e. The van der Waals surface area contributed by atoms with Crippen LogP contribution in [0.2, 0.25) is 0 Å². The highest BCUT2D eigenvalue weighted by Crippen LogP contribution is 2.43. The molecule has 0 amide bonds. The van der Waals surface area contributed by atoms with Crippen molar-refractivity contribution in [2.75, 3.05) is 5.32 Å². The van der Waals surface area contributed by atoms with Crippen molar-refractivity contribution in [3.05, 3.63) is 143 Å². The predicted octanol–water partition coefficient (Wildman–Crippen LogP) is 13.2. The summed E-state index contributed by atoms with van der Waals surface area (Å²) in [4.78, 5) is -2.22. The molecule has 0 radical (unpaired) electrons. The van der Waals surface area contributed by atoms with E-state index in [1.807, 2.05) is 37.3 Å². The van der Waals surface area contributed by atoms with Crippen LogP contribution in [0.15, 0.2) is 171 Å². The summed E-state index contributed by atoms with van der Waals surface area (Å²) in [6.07, 6.45) is 0. The van der Waals surface area contributed by atoms with Gasteiger partial charge >= 0.3 is 0 Å². The molecular formula is C45H39N9O10S3. The molecule has 19 nitrogen and oxygen atoms in total. The van der Waals surface area contributed by atoms with Crippen molar-refractivity contribution in [1.29, 1.82) is 0 Å². The first kappa shape index (κ1) is 47.5. The molecule has 67 heavy (non-hydrogen) atoms. The summed E-state index contributed by atoms with van der Waals surface area (Å²) < 4.78 is 101. The van der Waals surface area contributed by atoms with Crippen molar-refractivity contribution in [1.82, 2.24) is 0 Å². The third kappa shape index (κ3) is 11.1. The largest absolute Gasteiger partial charge is 0.505 e. The molecule has 0 saturated heterocycles. The molecule has 0 atom stereocenters. The second-order valence-corrected chi connectivity index (χ2v) is 19.4. The minimum atomic E-state index is -4.93. The molecule has 0 saturated carbocycles. The van der Waals surface area contributed by atoms with Crippen molar-refractivity contribution in [2.24, 2.45) is 40.9 Å². The first-order chi connectivity index (χ1) is 31.5. The Morgan fingerprint density at radius 2 is 0.955 bits per heavy atom. The maximum Gasteiger partial charge on any atom is 0.296 e. The number of para-hydroxylation sites is 1. The Kier molecular flexibility index (Phi) is 13.3. The fraction of sp³-hybridized carbons (Fsp3) is 0.111. The Morgan fingerprint density at radius 3 is 1.57 bits per heavy atom. The summed E-state index contributed by atoms with van der Waals surface area (Å²) in [6, 6.07) is 29.9. The monoisotopic (exact) mass is 961 g/mol. The average Bonchev–Trinajstić information content (AvgIpc) is 3.25. The van der Waals surface area contributed by atoms with Crippen LogP contribution in [-0.2, 0) is 30.4 Å². The lowest BCUT2D eigenvalue weighted by Crippen LogP contribution is -2.03. The number of rotatable bonds is 13. The first-order valence-electron chi connectivity index (χ1n) is 19.7. The zero-order valence-corrected chi connectivity index (χ0v) is 38.5. The van der Waals surface area contributed by atoms with Crippen LogP contribution in [0.3, 0.4) is 0 Å². The molecule has 0 aliphatic carbocycles. The van der Waals surface area contributed by atoms with Gasteiger partial charge in [-0.2, -0.15) is 50.8 Å². The number of phenolic OH excluding ortho intramolecular Hbond substituents is 1. The van der Waals surface area contributed by atoms with Crippen molar-refractivity contribution >= 4 is 98.0 Å². The number of nitrogens with zero attached hydrogens (tertiary/aromatic N) is 8. The molecule has 0 bridgehead atoms. The van der Waals surface area contributed by atoms with Gasteiger partial charge < -0.3 is 10.4 Å². The summed E-state index contributed by atoms with van der Waals surface area (Å²) in [5.74, 6) is -0.473. The Bertz CT molecular complexity index is 3580. The van der Waals surface area contributed by atoms with E-state index in [1.54, 1.807) is 88.4 Å². The summed E-state index contributed by atoms with van der Waals surface area (Å²) in [6.45, 7) is 8.89. The average molecular weight is 962 g/mol. The van der Waals surface area contributed by atoms with Gasteiger partial charge in [0.1, 0.15) is 21.2 Å². The van der Waals surface area contributed by atoms with E-state index in [-0.39, 0.29) is 5.69 Å². The number of anilines is 2. The summed E-state index contributed by atoms with van der Waals surface area (Å²) in [7, 11) is -14.5. The zero-order valence-electron chi connectivity index (χ0n) is 36.0. The lowest BCUT2D eigenvalue weighted by Gasteiger charge is -2.12. The van der Waals surface area contributed by atoms with E-state index in [0.717, 1.165) is 23.4 Å². The highest BCUT2D eigenvalue weighted by Gasteiger charge is 2.23. The third-order valence-corrected chi connectivity index (χ3v) is 12.7. The molecule has 0 unspecified atom stereocenters.